The fourth-order valence-electron chi connectivity index (χ4n) is 2.37. The van der Waals surface area contributed by atoms with Gasteiger partial charge in [-0.1, -0.05) is 65.2 Å². The third kappa shape index (κ3) is 19.8. The average Bonchev–Trinajstić information content (AvgIpc) is 2.54. The van der Waals surface area contributed by atoms with E-state index in [1.807, 2.05) is 0 Å². The Labute approximate surface area is 139 Å². The van der Waals surface area contributed by atoms with Crippen LogP contribution in [0.4, 0.5) is 0 Å². The van der Waals surface area contributed by atoms with Gasteiger partial charge in [0, 0.05) is 26.2 Å². The molecule has 0 radical (unpaired) electrons. The maximum atomic E-state index is 3.30. The second-order valence-corrected chi connectivity index (χ2v) is 6.24. The summed E-state index contributed by atoms with van der Waals surface area (Å²) in [5, 5.41) is 0. The highest BCUT2D eigenvalue weighted by molar-refractivity contribution is 4.50. The first kappa shape index (κ1) is 21.8. The predicted molar refractivity (Wildman–Crippen MR) is 98.8 cm³/mol. The van der Waals surface area contributed by atoms with Crippen molar-refractivity contribution in [1.29, 1.82) is 0 Å². The summed E-state index contributed by atoms with van der Waals surface area (Å²) in [6.45, 7) is 8.87. The van der Waals surface area contributed by atoms with Gasteiger partial charge in [-0.15, -0.1) is 0 Å². The first-order chi connectivity index (χ1) is 10.9. The zero-order valence-electron chi connectivity index (χ0n) is 15.3. The maximum absolute atomic E-state index is 3.30. The molecule has 0 amide bonds. The molecular formula is C18H42N4. The van der Waals surface area contributed by atoms with E-state index in [0.717, 1.165) is 26.2 Å². The molecule has 22 heavy (non-hydrogen) atoms. The molecule has 4 N–H and O–H groups in total. The number of unbranched alkanes of at least 4 members (excludes halogenated alkanes) is 9. The second kappa shape index (κ2) is 20.8. The molecule has 4 nitrogen and oxygen atoms in total. The molecule has 0 atom stereocenters. The Kier molecular flexibility index (Phi) is 20.7. The largest absolute Gasteiger partial charge is 0.258 e. The molecule has 134 valence electrons. The molecule has 0 saturated heterocycles. The second-order valence-electron chi connectivity index (χ2n) is 6.24. The first-order valence-corrected chi connectivity index (χ1v) is 9.83. The predicted octanol–water partition coefficient (Wildman–Crippen LogP) is 3.90. The van der Waals surface area contributed by atoms with Crippen LogP contribution in [-0.2, 0) is 0 Å². The number of hydrogen-bond donors (Lipinski definition) is 4. The molecule has 0 saturated carbocycles. The average molecular weight is 315 g/mol. The van der Waals surface area contributed by atoms with Gasteiger partial charge < -0.3 is 0 Å². The zero-order chi connectivity index (χ0) is 16.1. The third-order valence-electron chi connectivity index (χ3n) is 3.91. The van der Waals surface area contributed by atoms with Crippen LogP contribution in [0.25, 0.3) is 0 Å². The van der Waals surface area contributed by atoms with Gasteiger partial charge in [-0.05, 0) is 25.7 Å². The van der Waals surface area contributed by atoms with Gasteiger partial charge in [-0.25, -0.2) is 0 Å². The summed E-state index contributed by atoms with van der Waals surface area (Å²) in [7, 11) is 0. The van der Waals surface area contributed by atoms with Crippen molar-refractivity contribution in [2.45, 2.75) is 90.9 Å². The lowest BCUT2D eigenvalue weighted by molar-refractivity contribution is 0.480. The van der Waals surface area contributed by atoms with Gasteiger partial charge in [0.05, 0.1) is 0 Å². The Morgan fingerprint density at radius 1 is 0.364 bits per heavy atom. The standard InChI is InChI=1S/C18H42N4/c1-3-5-15-19-21-17-13-11-9-7-8-10-12-14-18-22-20-16-6-4-2/h19-22H,3-18H2,1-2H3. The number of hydrogen-bond acceptors (Lipinski definition) is 4. The van der Waals surface area contributed by atoms with Gasteiger partial charge in [-0.3, -0.25) is 21.7 Å². The van der Waals surface area contributed by atoms with Crippen LogP contribution in [0.15, 0.2) is 0 Å². The molecule has 4 heteroatoms. The van der Waals surface area contributed by atoms with Crippen molar-refractivity contribution in [3.8, 4) is 0 Å². The van der Waals surface area contributed by atoms with E-state index in [-0.39, 0.29) is 0 Å². The lowest BCUT2D eigenvalue weighted by atomic mass is 10.1. The fourth-order valence-corrected chi connectivity index (χ4v) is 2.37. The number of nitrogens with one attached hydrogen (secondary N) is 4. The van der Waals surface area contributed by atoms with E-state index >= 15 is 0 Å². The van der Waals surface area contributed by atoms with E-state index < -0.39 is 0 Å². The van der Waals surface area contributed by atoms with Crippen molar-refractivity contribution in [2.75, 3.05) is 26.2 Å². The smallest absolute Gasteiger partial charge is 0.00997 e. The van der Waals surface area contributed by atoms with Crippen molar-refractivity contribution in [3.63, 3.8) is 0 Å². The Morgan fingerprint density at radius 2 is 0.636 bits per heavy atom. The van der Waals surface area contributed by atoms with E-state index in [1.54, 1.807) is 0 Å². The summed E-state index contributed by atoms with van der Waals surface area (Å²) >= 11 is 0. The Morgan fingerprint density at radius 3 is 0.955 bits per heavy atom. The van der Waals surface area contributed by atoms with Crippen LogP contribution in [0, 0.1) is 0 Å². The molecule has 0 aliphatic heterocycles. The first-order valence-electron chi connectivity index (χ1n) is 9.83. The van der Waals surface area contributed by atoms with E-state index in [4.69, 9.17) is 0 Å². The van der Waals surface area contributed by atoms with Gasteiger partial charge in [-0.2, -0.15) is 0 Å². The van der Waals surface area contributed by atoms with Crippen LogP contribution >= 0.6 is 0 Å². The van der Waals surface area contributed by atoms with E-state index in [2.05, 4.69) is 35.6 Å². The normalized spacial score (nSPS) is 11.2. The monoisotopic (exact) mass is 314 g/mol. The molecule has 0 aromatic rings. The molecule has 0 spiro atoms. The quantitative estimate of drug-likeness (QED) is 0.216. The molecule has 0 aromatic carbocycles. The van der Waals surface area contributed by atoms with Crippen molar-refractivity contribution >= 4 is 0 Å². The van der Waals surface area contributed by atoms with Crippen molar-refractivity contribution in [3.05, 3.63) is 0 Å². The summed E-state index contributed by atoms with van der Waals surface area (Å²) in [5.74, 6) is 0. The maximum Gasteiger partial charge on any atom is 0.00997 e. The summed E-state index contributed by atoms with van der Waals surface area (Å²) in [4.78, 5) is 0. The van der Waals surface area contributed by atoms with Gasteiger partial charge in [0.2, 0.25) is 0 Å². The van der Waals surface area contributed by atoms with Gasteiger partial charge in [0.1, 0.15) is 0 Å². The van der Waals surface area contributed by atoms with Gasteiger partial charge in [0.15, 0.2) is 0 Å². The molecule has 0 aliphatic rings. The summed E-state index contributed by atoms with van der Waals surface area (Å²) in [6, 6.07) is 0. The van der Waals surface area contributed by atoms with Gasteiger partial charge in [0.25, 0.3) is 0 Å². The van der Waals surface area contributed by atoms with E-state index in [1.165, 1.54) is 77.0 Å². The van der Waals surface area contributed by atoms with E-state index in [9.17, 15) is 0 Å². The minimum atomic E-state index is 1.10. The lowest BCUT2D eigenvalue weighted by Gasteiger charge is -2.07. The fraction of sp³-hybridized carbons (Fsp3) is 1.00. The van der Waals surface area contributed by atoms with Crippen molar-refractivity contribution in [1.82, 2.24) is 21.7 Å². The number of rotatable bonds is 19. The summed E-state index contributed by atoms with van der Waals surface area (Å²) in [5.41, 5.74) is 13.1. The van der Waals surface area contributed by atoms with Crippen LogP contribution in [0.2, 0.25) is 0 Å². The minimum Gasteiger partial charge on any atom is -0.258 e. The highest BCUT2D eigenvalue weighted by Gasteiger charge is 1.93. The molecule has 0 aromatic heterocycles. The molecule has 0 unspecified atom stereocenters. The lowest BCUT2D eigenvalue weighted by Crippen LogP contribution is -2.33. The van der Waals surface area contributed by atoms with Crippen molar-refractivity contribution < 1.29 is 0 Å². The van der Waals surface area contributed by atoms with Crippen molar-refractivity contribution in [2.24, 2.45) is 0 Å². The highest BCUT2D eigenvalue weighted by atomic mass is 15.3. The SMILES string of the molecule is CCCCNNCCCCCCCCCCNNCCCC. The molecule has 0 rings (SSSR count). The van der Waals surface area contributed by atoms with Crippen LogP contribution in [-0.4, -0.2) is 26.2 Å². The summed E-state index contributed by atoms with van der Waals surface area (Å²) < 4.78 is 0. The van der Waals surface area contributed by atoms with E-state index in [0.29, 0.717) is 0 Å². The Bertz CT molecular complexity index is 168. The topological polar surface area (TPSA) is 48.1 Å². The van der Waals surface area contributed by atoms with Crippen LogP contribution in [0.5, 0.6) is 0 Å². The number of hydrazine groups is 2. The van der Waals surface area contributed by atoms with Crippen LogP contribution < -0.4 is 21.7 Å². The Hall–Kier alpha value is -0.160. The summed E-state index contributed by atoms with van der Waals surface area (Å²) in [6.07, 6.45) is 16.0. The zero-order valence-corrected chi connectivity index (χ0v) is 15.3. The molecule has 0 bridgehead atoms. The minimum absolute atomic E-state index is 1.10. The van der Waals surface area contributed by atoms with Crippen LogP contribution in [0.3, 0.4) is 0 Å². The molecular weight excluding hydrogens is 272 g/mol. The molecule has 0 fully saturated rings. The third-order valence-corrected chi connectivity index (χ3v) is 3.91. The molecule has 0 heterocycles. The van der Waals surface area contributed by atoms with Gasteiger partial charge >= 0.3 is 0 Å². The Balaban J connectivity index is 2.91. The van der Waals surface area contributed by atoms with Crippen LogP contribution in [0.1, 0.15) is 90.9 Å². The highest BCUT2D eigenvalue weighted by Crippen LogP contribution is 2.07. The molecule has 0 aliphatic carbocycles.